The van der Waals surface area contributed by atoms with Gasteiger partial charge in [-0.25, -0.2) is 13.2 Å². The van der Waals surface area contributed by atoms with Crippen LogP contribution in [0.25, 0.3) is 0 Å². The molecule has 1 atom stereocenters. The van der Waals surface area contributed by atoms with E-state index in [0.29, 0.717) is 12.1 Å². The zero-order valence-corrected chi connectivity index (χ0v) is 13.2. The number of nitro benzene ring substituents is 1. The van der Waals surface area contributed by atoms with E-state index in [4.69, 9.17) is 0 Å². The highest BCUT2D eigenvalue weighted by molar-refractivity contribution is 7.89. The fourth-order valence-corrected chi connectivity index (χ4v) is 4.53. The summed E-state index contributed by atoms with van der Waals surface area (Å²) in [4.78, 5) is 23.4. The maximum Gasteiger partial charge on any atom is 0.317 e. The fraction of sp³-hybridized carbons (Fsp3) is 0.462. The van der Waals surface area contributed by atoms with Crippen molar-refractivity contribution < 1.29 is 18.1 Å². The molecule has 1 aromatic carbocycles. The number of carbonyl (C=O) groups excluding carboxylic acids is 1. The Morgan fingerprint density at radius 1 is 1.35 bits per heavy atom. The number of hydrogen-bond acceptors (Lipinski definition) is 5. The lowest BCUT2D eigenvalue weighted by molar-refractivity contribution is -0.387. The summed E-state index contributed by atoms with van der Waals surface area (Å²) in [7, 11) is -3.98. The molecular formula is C13H16N4O5S. The molecule has 2 amide bonds. The van der Waals surface area contributed by atoms with E-state index in [1.165, 1.54) is 22.5 Å². The van der Waals surface area contributed by atoms with Gasteiger partial charge in [-0.1, -0.05) is 6.07 Å². The van der Waals surface area contributed by atoms with Gasteiger partial charge in [0.25, 0.3) is 5.69 Å². The summed E-state index contributed by atoms with van der Waals surface area (Å²) >= 11 is 0. The maximum absolute atomic E-state index is 12.8. The summed E-state index contributed by atoms with van der Waals surface area (Å²) in [6, 6.07) is 3.62. The summed E-state index contributed by atoms with van der Waals surface area (Å²) in [6.45, 7) is 2.57. The van der Waals surface area contributed by atoms with Crippen LogP contribution in [0.5, 0.6) is 0 Å². The molecule has 124 valence electrons. The van der Waals surface area contributed by atoms with Gasteiger partial charge >= 0.3 is 6.03 Å². The lowest BCUT2D eigenvalue weighted by Gasteiger charge is -2.35. The lowest BCUT2D eigenvalue weighted by Crippen LogP contribution is -2.53. The monoisotopic (exact) mass is 340 g/mol. The summed E-state index contributed by atoms with van der Waals surface area (Å²) < 4.78 is 26.8. The summed E-state index contributed by atoms with van der Waals surface area (Å²) in [5.74, 6) is 0. The lowest BCUT2D eigenvalue weighted by atomic mass is 10.2. The van der Waals surface area contributed by atoms with E-state index in [9.17, 15) is 23.3 Å². The topological polar surface area (TPSA) is 113 Å². The van der Waals surface area contributed by atoms with E-state index < -0.39 is 20.6 Å². The number of carbonyl (C=O) groups is 1. The molecule has 0 saturated carbocycles. The van der Waals surface area contributed by atoms with Crippen LogP contribution in [-0.2, 0) is 10.0 Å². The number of hydrogen-bond donors (Lipinski definition) is 1. The minimum absolute atomic E-state index is 0.122. The smallest absolute Gasteiger partial charge is 0.317 e. The van der Waals surface area contributed by atoms with Gasteiger partial charge in [-0.3, -0.25) is 10.1 Å². The van der Waals surface area contributed by atoms with Crippen molar-refractivity contribution in [3.8, 4) is 0 Å². The number of aryl methyl sites for hydroxylation is 1. The highest BCUT2D eigenvalue weighted by Crippen LogP contribution is 2.29. The van der Waals surface area contributed by atoms with Gasteiger partial charge in [-0.05, 0) is 18.6 Å². The van der Waals surface area contributed by atoms with Crippen molar-refractivity contribution in [1.82, 2.24) is 14.5 Å². The highest BCUT2D eigenvalue weighted by Gasteiger charge is 2.41. The Morgan fingerprint density at radius 2 is 2.09 bits per heavy atom. The number of nitrogens with zero attached hydrogens (tertiary/aromatic N) is 3. The molecule has 23 heavy (non-hydrogen) atoms. The number of sulfonamides is 1. The number of amides is 2. The summed E-state index contributed by atoms with van der Waals surface area (Å²) in [5.41, 5.74) is 0.194. The van der Waals surface area contributed by atoms with Crippen molar-refractivity contribution in [2.45, 2.75) is 17.9 Å². The first-order chi connectivity index (χ1) is 10.8. The fourth-order valence-electron chi connectivity index (χ4n) is 2.92. The van der Waals surface area contributed by atoms with E-state index in [0.717, 1.165) is 0 Å². The molecule has 2 aliphatic rings. The number of nitrogens with one attached hydrogen (secondary N) is 1. The molecule has 9 nitrogen and oxygen atoms in total. The first-order valence-corrected chi connectivity index (χ1v) is 8.54. The minimum Gasteiger partial charge on any atom is -0.336 e. The van der Waals surface area contributed by atoms with Crippen LogP contribution in [0.3, 0.4) is 0 Å². The normalized spacial score (nSPS) is 21.9. The molecule has 2 aliphatic heterocycles. The Bertz CT molecular complexity index is 779. The summed E-state index contributed by atoms with van der Waals surface area (Å²) in [6.07, 6.45) is 0. The first kappa shape index (κ1) is 15.7. The van der Waals surface area contributed by atoms with Crippen LogP contribution >= 0.6 is 0 Å². The second-order valence-electron chi connectivity index (χ2n) is 5.62. The van der Waals surface area contributed by atoms with Crippen molar-refractivity contribution in [1.29, 1.82) is 0 Å². The van der Waals surface area contributed by atoms with Gasteiger partial charge < -0.3 is 10.2 Å². The number of piperazine rings is 1. The Labute approximate surface area is 133 Å². The SMILES string of the molecule is Cc1ccc(S(=O)(=O)N2CCN3C(=O)NCC3C2)c([N+](=O)[O-])c1. The molecule has 1 unspecified atom stereocenters. The highest BCUT2D eigenvalue weighted by atomic mass is 32.2. The van der Waals surface area contributed by atoms with E-state index in [1.54, 1.807) is 11.8 Å². The van der Waals surface area contributed by atoms with Crippen LogP contribution in [0, 0.1) is 17.0 Å². The van der Waals surface area contributed by atoms with E-state index in [-0.39, 0.29) is 36.6 Å². The number of nitro groups is 1. The molecule has 2 heterocycles. The maximum atomic E-state index is 12.8. The largest absolute Gasteiger partial charge is 0.336 e. The molecule has 3 rings (SSSR count). The number of rotatable bonds is 3. The molecule has 1 aromatic rings. The van der Waals surface area contributed by atoms with Gasteiger partial charge in [0.05, 0.1) is 11.0 Å². The molecule has 0 spiro atoms. The van der Waals surface area contributed by atoms with Crippen LogP contribution in [0.15, 0.2) is 23.1 Å². The standard InChI is InChI=1S/C13H16N4O5S/c1-9-2-3-12(11(6-9)17(19)20)23(21,22)15-4-5-16-10(8-15)7-14-13(16)18/h2-3,6,10H,4-5,7-8H2,1H3,(H,14,18). The van der Waals surface area contributed by atoms with Crippen molar-refractivity contribution in [2.24, 2.45) is 0 Å². The van der Waals surface area contributed by atoms with Crippen molar-refractivity contribution in [3.05, 3.63) is 33.9 Å². The van der Waals surface area contributed by atoms with Crippen LogP contribution in [-0.4, -0.2) is 60.8 Å². The van der Waals surface area contributed by atoms with Gasteiger partial charge in [0.1, 0.15) is 0 Å². The molecule has 2 saturated heterocycles. The molecule has 10 heteroatoms. The molecule has 0 aromatic heterocycles. The Morgan fingerprint density at radius 3 is 2.78 bits per heavy atom. The first-order valence-electron chi connectivity index (χ1n) is 7.10. The number of urea groups is 1. The van der Waals surface area contributed by atoms with E-state index in [2.05, 4.69) is 5.32 Å². The quantitative estimate of drug-likeness (QED) is 0.628. The van der Waals surface area contributed by atoms with Crippen molar-refractivity contribution >= 4 is 21.7 Å². The average molecular weight is 340 g/mol. The molecule has 0 aliphatic carbocycles. The third-order valence-electron chi connectivity index (χ3n) is 4.12. The van der Waals surface area contributed by atoms with Gasteiger partial charge in [-0.15, -0.1) is 0 Å². The van der Waals surface area contributed by atoms with Crippen molar-refractivity contribution in [3.63, 3.8) is 0 Å². The van der Waals surface area contributed by atoms with E-state index in [1.807, 2.05) is 0 Å². The zero-order chi connectivity index (χ0) is 16.8. The molecular weight excluding hydrogens is 324 g/mol. The van der Waals surface area contributed by atoms with Crippen LogP contribution < -0.4 is 5.32 Å². The predicted molar refractivity (Wildman–Crippen MR) is 80.5 cm³/mol. The number of fused-ring (bicyclic) bond motifs is 1. The second-order valence-corrected chi connectivity index (χ2v) is 7.53. The Hall–Kier alpha value is -2.20. The third-order valence-corrected chi connectivity index (χ3v) is 6.04. The second kappa shape index (κ2) is 5.46. The average Bonchev–Trinajstić information content (AvgIpc) is 2.88. The molecule has 1 N–H and O–H groups in total. The Kier molecular flexibility index (Phi) is 3.72. The molecule has 0 radical (unpaired) electrons. The van der Waals surface area contributed by atoms with E-state index >= 15 is 0 Å². The molecule has 0 bridgehead atoms. The van der Waals surface area contributed by atoms with Gasteiger partial charge in [0.15, 0.2) is 4.90 Å². The van der Waals surface area contributed by atoms with Crippen LogP contribution in [0.1, 0.15) is 5.56 Å². The van der Waals surface area contributed by atoms with Gasteiger partial charge in [-0.2, -0.15) is 4.31 Å². The van der Waals surface area contributed by atoms with Gasteiger partial charge in [0, 0.05) is 32.2 Å². The molecule has 2 fully saturated rings. The minimum atomic E-state index is -3.98. The number of benzene rings is 1. The van der Waals surface area contributed by atoms with Crippen molar-refractivity contribution in [2.75, 3.05) is 26.2 Å². The zero-order valence-electron chi connectivity index (χ0n) is 12.4. The van der Waals surface area contributed by atoms with Crippen LogP contribution in [0.2, 0.25) is 0 Å². The summed E-state index contributed by atoms with van der Waals surface area (Å²) in [5, 5.41) is 13.9. The predicted octanol–water partition coefficient (Wildman–Crippen LogP) is 0.301. The van der Waals surface area contributed by atoms with Crippen LogP contribution in [0.4, 0.5) is 10.5 Å². The van der Waals surface area contributed by atoms with Gasteiger partial charge in [0.2, 0.25) is 10.0 Å². The third kappa shape index (κ3) is 2.63. The Balaban J connectivity index is 1.94.